The summed E-state index contributed by atoms with van der Waals surface area (Å²) in [5.41, 5.74) is 2.84. The molecular weight excluding hydrogens is 299 g/mol. The molecule has 0 aliphatic carbocycles. The maximum Gasteiger partial charge on any atom is 0.267 e. The van der Waals surface area contributed by atoms with Crippen LogP contribution >= 0.6 is 11.6 Å². The lowest BCUT2D eigenvalue weighted by Gasteiger charge is -2.00. The molecule has 0 bridgehead atoms. The number of H-pyrrole nitrogens is 2. The highest BCUT2D eigenvalue weighted by atomic mass is 35.5. The van der Waals surface area contributed by atoms with Crippen LogP contribution in [0.2, 0.25) is 5.02 Å². The van der Waals surface area contributed by atoms with Crippen LogP contribution in [0.5, 0.6) is 0 Å². The van der Waals surface area contributed by atoms with Crippen molar-refractivity contribution in [1.29, 1.82) is 0 Å². The van der Waals surface area contributed by atoms with Gasteiger partial charge in [-0.1, -0.05) is 17.7 Å². The van der Waals surface area contributed by atoms with Crippen LogP contribution in [0.25, 0.3) is 0 Å². The van der Waals surface area contributed by atoms with Crippen molar-refractivity contribution in [3.05, 3.63) is 56.2 Å². The Morgan fingerprint density at radius 3 is 2.86 bits per heavy atom. The van der Waals surface area contributed by atoms with Crippen LogP contribution in [-0.2, 0) is 11.2 Å². The lowest BCUT2D eigenvalue weighted by Crippen LogP contribution is -2.23. The molecule has 1 aromatic carbocycles. The number of rotatable bonds is 4. The van der Waals surface area contributed by atoms with Crippen molar-refractivity contribution in [3.63, 3.8) is 0 Å². The first-order valence-corrected chi connectivity index (χ1v) is 6.39. The standard InChI is InChI=1S/C13H12ClFN4O2/c1-7-8(13(21)19-17-7)5-12(20)18-16-6-9-10(14)3-2-4-11(9)15/h2-4,6H,5H2,1H3,(H,18,20)(H2,17,19,21)/b16-6-. The molecule has 2 rings (SSSR count). The van der Waals surface area contributed by atoms with E-state index in [0.29, 0.717) is 11.3 Å². The highest BCUT2D eigenvalue weighted by Crippen LogP contribution is 2.16. The van der Waals surface area contributed by atoms with Crippen molar-refractivity contribution < 1.29 is 9.18 Å². The van der Waals surface area contributed by atoms with Gasteiger partial charge in [0.05, 0.1) is 17.7 Å². The minimum atomic E-state index is -0.543. The summed E-state index contributed by atoms with van der Waals surface area (Å²) in [6, 6.07) is 4.21. The molecule has 8 heteroatoms. The second kappa shape index (κ2) is 6.36. The third kappa shape index (κ3) is 3.57. The molecule has 1 heterocycles. The predicted molar refractivity (Wildman–Crippen MR) is 77.0 cm³/mol. The highest BCUT2D eigenvalue weighted by Gasteiger charge is 2.11. The molecule has 0 saturated carbocycles. The van der Waals surface area contributed by atoms with Gasteiger partial charge in [-0.3, -0.25) is 14.7 Å². The van der Waals surface area contributed by atoms with Crippen LogP contribution in [0, 0.1) is 12.7 Å². The van der Waals surface area contributed by atoms with Gasteiger partial charge in [-0.2, -0.15) is 5.10 Å². The molecule has 6 nitrogen and oxygen atoms in total. The van der Waals surface area contributed by atoms with Crippen molar-refractivity contribution in [2.75, 3.05) is 0 Å². The summed E-state index contributed by atoms with van der Waals surface area (Å²) in [5, 5.41) is 8.81. The highest BCUT2D eigenvalue weighted by molar-refractivity contribution is 6.33. The zero-order valence-electron chi connectivity index (χ0n) is 11.0. The number of hydrogen-bond donors (Lipinski definition) is 3. The van der Waals surface area contributed by atoms with Crippen LogP contribution in [0.1, 0.15) is 16.8 Å². The fraction of sp³-hybridized carbons (Fsp3) is 0.154. The summed E-state index contributed by atoms with van der Waals surface area (Å²) < 4.78 is 13.4. The van der Waals surface area contributed by atoms with Gasteiger partial charge in [0.1, 0.15) is 5.82 Å². The second-order valence-electron chi connectivity index (χ2n) is 4.29. The quantitative estimate of drug-likeness (QED) is 0.590. The van der Waals surface area contributed by atoms with Gasteiger partial charge >= 0.3 is 0 Å². The van der Waals surface area contributed by atoms with Crippen molar-refractivity contribution in [3.8, 4) is 0 Å². The number of hydrazone groups is 1. The average molecular weight is 311 g/mol. The molecule has 3 N–H and O–H groups in total. The van der Waals surface area contributed by atoms with Gasteiger partial charge in [-0.15, -0.1) is 0 Å². The van der Waals surface area contributed by atoms with Crippen LogP contribution in [0.3, 0.4) is 0 Å². The van der Waals surface area contributed by atoms with E-state index in [-0.39, 0.29) is 22.6 Å². The number of carbonyl (C=O) groups excluding carboxylic acids is 1. The summed E-state index contributed by atoms with van der Waals surface area (Å²) in [5.74, 6) is -1.04. The lowest BCUT2D eigenvalue weighted by atomic mass is 10.2. The van der Waals surface area contributed by atoms with E-state index in [1.54, 1.807) is 6.92 Å². The topological polar surface area (TPSA) is 90.1 Å². The molecule has 0 radical (unpaired) electrons. The first kappa shape index (κ1) is 15.0. The molecule has 0 spiro atoms. The minimum absolute atomic E-state index is 0.0788. The maximum absolute atomic E-state index is 13.4. The van der Waals surface area contributed by atoms with Crippen LogP contribution in [-0.4, -0.2) is 22.3 Å². The molecular formula is C13H12ClFN4O2. The van der Waals surface area contributed by atoms with Gasteiger partial charge in [0.2, 0.25) is 5.91 Å². The summed E-state index contributed by atoms with van der Waals surface area (Å²) in [6.45, 7) is 1.67. The van der Waals surface area contributed by atoms with Crippen molar-refractivity contribution in [2.24, 2.45) is 5.10 Å². The molecule has 0 atom stereocenters. The largest absolute Gasteiger partial charge is 0.302 e. The monoisotopic (exact) mass is 310 g/mol. The normalized spacial score (nSPS) is 11.0. The zero-order valence-corrected chi connectivity index (χ0v) is 11.8. The summed E-state index contributed by atoms with van der Waals surface area (Å²) >= 11 is 5.81. The first-order chi connectivity index (χ1) is 9.99. The van der Waals surface area contributed by atoms with E-state index in [1.807, 2.05) is 0 Å². The SMILES string of the molecule is Cc1[nH][nH]c(=O)c1CC(=O)N/N=C\c1c(F)cccc1Cl. The van der Waals surface area contributed by atoms with Crippen LogP contribution < -0.4 is 11.0 Å². The molecule has 110 valence electrons. The van der Waals surface area contributed by atoms with Gasteiger partial charge < -0.3 is 5.10 Å². The Balaban J connectivity index is 2.02. The molecule has 2 aromatic rings. The number of nitrogens with zero attached hydrogens (tertiary/aromatic N) is 1. The average Bonchev–Trinajstić information content (AvgIpc) is 2.74. The van der Waals surface area contributed by atoms with Gasteiger partial charge in [-0.25, -0.2) is 9.82 Å². The Morgan fingerprint density at radius 2 is 2.24 bits per heavy atom. The molecule has 0 unspecified atom stereocenters. The molecule has 21 heavy (non-hydrogen) atoms. The zero-order chi connectivity index (χ0) is 15.4. The molecule has 0 fully saturated rings. The summed E-state index contributed by atoms with van der Waals surface area (Å²) in [7, 11) is 0. The summed E-state index contributed by atoms with van der Waals surface area (Å²) in [4.78, 5) is 23.0. The van der Waals surface area contributed by atoms with Crippen LogP contribution in [0.4, 0.5) is 4.39 Å². The first-order valence-electron chi connectivity index (χ1n) is 6.01. The van der Waals surface area contributed by atoms with Gasteiger partial charge in [-0.05, 0) is 19.1 Å². The smallest absolute Gasteiger partial charge is 0.267 e. The molecule has 0 aliphatic rings. The van der Waals surface area contributed by atoms with E-state index in [4.69, 9.17) is 11.6 Å². The fourth-order valence-corrected chi connectivity index (χ4v) is 1.90. The van der Waals surface area contributed by atoms with E-state index >= 15 is 0 Å². The minimum Gasteiger partial charge on any atom is -0.302 e. The van der Waals surface area contributed by atoms with Gasteiger partial charge in [0.25, 0.3) is 5.56 Å². The Kier molecular flexibility index (Phi) is 4.54. The number of benzene rings is 1. The maximum atomic E-state index is 13.4. The van der Waals surface area contributed by atoms with Crippen molar-refractivity contribution in [1.82, 2.24) is 15.6 Å². The number of hydrogen-bond acceptors (Lipinski definition) is 3. The Morgan fingerprint density at radius 1 is 1.48 bits per heavy atom. The van der Waals surface area contributed by atoms with E-state index in [1.165, 1.54) is 18.2 Å². The molecule has 1 aromatic heterocycles. The van der Waals surface area contributed by atoms with Crippen molar-refractivity contribution in [2.45, 2.75) is 13.3 Å². The number of halogens is 2. The lowest BCUT2D eigenvalue weighted by molar-refractivity contribution is -0.120. The van der Waals surface area contributed by atoms with E-state index in [2.05, 4.69) is 20.7 Å². The Hall–Kier alpha value is -2.41. The molecule has 0 saturated heterocycles. The third-order valence-corrected chi connectivity index (χ3v) is 3.14. The predicted octanol–water partition coefficient (Wildman–Crippen LogP) is 1.50. The van der Waals surface area contributed by atoms with Crippen molar-refractivity contribution >= 4 is 23.7 Å². The Bertz CT molecular complexity index is 731. The van der Waals surface area contributed by atoms with E-state index in [9.17, 15) is 14.0 Å². The number of aromatic amines is 2. The second-order valence-corrected chi connectivity index (χ2v) is 4.70. The molecule has 0 aliphatic heterocycles. The van der Waals surface area contributed by atoms with Crippen LogP contribution in [0.15, 0.2) is 28.1 Å². The number of aryl methyl sites for hydroxylation is 1. The molecule has 1 amide bonds. The number of amides is 1. The van der Waals surface area contributed by atoms with E-state index in [0.717, 1.165) is 6.21 Å². The van der Waals surface area contributed by atoms with Gasteiger partial charge in [0.15, 0.2) is 0 Å². The fourth-order valence-electron chi connectivity index (χ4n) is 1.69. The number of aromatic nitrogens is 2. The van der Waals surface area contributed by atoms with E-state index < -0.39 is 11.7 Å². The van der Waals surface area contributed by atoms with Gasteiger partial charge in [0, 0.05) is 16.8 Å². The number of carbonyl (C=O) groups is 1. The third-order valence-electron chi connectivity index (χ3n) is 2.81. The summed E-state index contributed by atoms with van der Waals surface area (Å²) in [6.07, 6.45) is 0.983. The Labute approximate surface area is 124 Å². The number of nitrogens with one attached hydrogen (secondary N) is 3.